The molecule has 0 saturated heterocycles. The van der Waals surface area contributed by atoms with E-state index in [1.54, 1.807) is 7.11 Å². The molecule has 0 aliphatic rings. The van der Waals surface area contributed by atoms with E-state index < -0.39 is 5.69 Å². The highest BCUT2D eigenvalue weighted by molar-refractivity contribution is 6.30. The van der Waals surface area contributed by atoms with Crippen molar-refractivity contribution in [3.05, 3.63) is 31.6 Å². The number of ether oxygens (including phenoxy) is 1. The molecule has 0 aliphatic carbocycles. The number of halogens is 1. The summed E-state index contributed by atoms with van der Waals surface area (Å²) in [6, 6.07) is 0. The second-order valence-corrected chi connectivity index (χ2v) is 4.11. The van der Waals surface area contributed by atoms with Crippen LogP contribution in [0.2, 0.25) is 5.15 Å². The van der Waals surface area contributed by atoms with Crippen LogP contribution in [-0.2, 0) is 17.7 Å². The van der Waals surface area contributed by atoms with Crippen LogP contribution >= 0.6 is 11.6 Å². The van der Waals surface area contributed by atoms with Gasteiger partial charge in [-0.3, -0.25) is 14.3 Å². The summed E-state index contributed by atoms with van der Waals surface area (Å²) in [5.74, 6) is 0. The van der Waals surface area contributed by atoms with Crippen LogP contribution in [0, 0.1) is 0 Å². The number of rotatable bonds is 6. The molecule has 5 nitrogen and oxygen atoms in total. The molecular weight excluding hydrogens is 244 g/mol. The molecule has 0 spiro atoms. The van der Waals surface area contributed by atoms with Gasteiger partial charge >= 0.3 is 5.69 Å². The van der Waals surface area contributed by atoms with Crippen molar-refractivity contribution in [3.63, 3.8) is 0 Å². The lowest BCUT2D eigenvalue weighted by Crippen LogP contribution is -2.37. The summed E-state index contributed by atoms with van der Waals surface area (Å²) in [6.45, 7) is 2.85. The molecule has 0 radical (unpaired) electrons. The third-order valence-corrected chi connectivity index (χ3v) is 2.89. The predicted octanol–water partition coefficient (Wildman–Crippen LogP) is 1.18. The monoisotopic (exact) mass is 260 g/mol. The second kappa shape index (κ2) is 6.61. The zero-order chi connectivity index (χ0) is 12.8. The number of methoxy groups -OCH3 is 1. The Bertz CT molecular complexity index is 479. The first-order chi connectivity index (χ1) is 8.11. The van der Waals surface area contributed by atoms with Crippen molar-refractivity contribution in [2.75, 3.05) is 13.7 Å². The molecular formula is C11H17ClN2O3. The molecule has 0 atom stereocenters. The van der Waals surface area contributed by atoms with Gasteiger partial charge in [-0.1, -0.05) is 18.5 Å². The first kappa shape index (κ1) is 14.0. The van der Waals surface area contributed by atoms with Crippen LogP contribution in [0.5, 0.6) is 0 Å². The minimum absolute atomic E-state index is 0.149. The first-order valence-corrected chi connectivity index (χ1v) is 6.00. The molecule has 0 amide bonds. The van der Waals surface area contributed by atoms with Crippen molar-refractivity contribution >= 4 is 11.6 Å². The predicted molar refractivity (Wildman–Crippen MR) is 66.8 cm³/mol. The lowest BCUT2D eigenvalue weighted by molar-refractivity contribution is 0.191. The zero-order valence-electron chi connectivity index (χ0n) is 10.1. The zero-order valence-corrected chi connectivity index (χ0v) is 10.8. The molecule has 0 saturated carbocycles. The summed E-state index contributed by atoms with van der Waals surface area (Å²) in [5.41, 5.74) is -0.286. The minimum atomic E-state index is -0.449. The highest BCUT2D eigenvalue weighted by Crippen LogP contribution is 2.06. The maximum atomic E-state index is 11.9. The van der Waals surface area contributed by atoms with Gasteiger partial charge in [0.25, 0.3) is 5.56 Å². The highest BCUT2D eigenvalue weighted by atomic mass is 35.5. The van der Waals surface area contributed by atoms with E-state index in [1.165, 1.54) is 4.57 Å². The molecule has 17 heavy (non-hydrogen) atoms. The van der Waals surface area contributed by atoms with E-state index in [2.05, 4.69) is 4.98 Å². The number of aromatic amines is 1. The van der Waals surface area contributed by atoms with Gasteiger partial charge in [0.05, 0.1) is 5.56 Å². The summed E-state index contributed by atoms with van der Waals surface area (Å²) in [4.78, 5) is 26.0. The molecule has 1 N–H and O–H groups in total. The quantitative estimate of drug-likeness (QED) is 0.617. The molecule has 0 unspecified atom stereocenters. The second-order valence-electron chi connectivity index (χ2n) is 3.73. The standard InChI is InChI=1S/C11H17ClN2O3/c1-3-8-9(12)13-11(16)14(10(8)15)6-4-5-7-17-2/h3-7H2,1-2H3,(H,13,16). The Balaban J connectivity index is 2.92. The van der Waals surface area contributed by atoms with Crippen LogP contribution in [0.15, 0.2) is 9.59 Å². The lowest BCUT2D eigenvalue weighted by Gasteiger charge is -2.07. The van der Waals surface area contributed by atoms with Gasteiger partial charge in [0.1, 0.15) is 5.15 Å². The van der Waals surface area contributed by atoms with Gasteiger partial charge in [0, 0.05) is 20.3 Å². The van der Waals surface area contributed by atoms with Gasteiger partial charge in [-0.25, -0.2) is 4.79 Å². The Morgan fingerprint density at radius 3 is 2.65 bits per heavy atom. The number of hydrogen-bond donors (Lipinski definition) is 1. The fraction of sp³-hybridized carbons (Fsp3) is 0.636. The summed E-state index contributed by atoms with van der Waals surface area (Å²) in [7, 11) is 1.62. The summed E-state index contributed by atoms with van der Waals surface area (Å²) in [5, 5.41) is 0.149. The van der Waals surface area contributed by atoms with E-state index in [9.17, 15) is 9.59 Å². The Morgan fingerprint density at radius 1 is 1.35 bits per heavy atom. The van der Waals surface area contributed by atoms with Crippen molar-refractivity contribution in [3.8, 4) is 0 Å². The molecule has 0 aliphatic heterocycles. The molecule has 96 valence electrons. The topological polar surface area (TPSA) is 64.1 Å². The molecule has 0 fully saturated rings. The Labute approximate surface area is 104 Å². The number of nitrogens with zero attached hydrogens (tertiary/aromatic N) is 1. The van der Waals surface area contributed by atoms with Crippen molar-refractivity contribution in [1.82, 2.24) is 9.55 Å². The number of hydrogen-bond acceptors (Lipinski definition) is 3. The van der Waals surface area contributed by atoms with Crippen molar-refractivity contribution in [2.24, 2.45) is 0 Å². The van der Waals surface area contributed by atoms with Crippen LogP contribution in [-0.4, -0.2) is 23.3 Å². The van der Waals surface area contributed by atoms with Crippen LogP contribution in [0.4, 0.5) is 0 Å². The van der Waals surface area contributed by atoms with E-state index in [0.29, 0.717) is 25.1 Å². The average molecular weight is 261 g/mol. The van der Waals surface area contributed by atoms with E-state index >= 15 is 0 Å². The van der Waals surface area contributed by atoms with Crippen molar-refractivity contribution in [2.45, 2.75) is 32.7 Å². The van der Waals surface area contributed by atoms with Gasteiger partial charge in [0.15, 0.2) is 0 Å². The number of nitrogens with one attached hydrogen (secondary N) is 1. The van der Waals surface area contributed by atoms with Crippen LogP contribution < -0.4 is 11.2 Å². The number of aromatic nitrogens is 2. The van der Waals surface area contributed by atoms with Gasteiger partial charge in [-0.15, -0.1) is 0 Å². The van der Waals surface area contributed by atoms with Crippen LogP contribution in [0.1, 0.15) is 25.3 Å². The molecule has 0 bridgehead atoms. The van der Waals surface area contributed by atoms with Gasteiger partial charge in [-0.2, -0.15) is 0 Å². The number of unbranched alkanes of at least 4 members (excludes halogenated alkanes) is 1. The van der Waals surface area contributed by atoms with Crippen molar-refractivity contribution in [1.29, 1.82) is 0 Å². The fourth-order valence-electron chi connectivity index (χ4n) is 1.61. The van der Waals surface area contributed by atoms with Crippen LogP contribution in [0.3, 0.4) is 0 Å². The third kappa shape index (κ3) is 3.44. The molecule has 1 aromatic rings. The molecule has 1 heterocycles. The maximum absolute atomic E-state index is 11.9. The Kier molecular flexibility index (Phi) is 5.44. The maximum Gasteiger partial charge on any atom is 0.329 e. The van der Waals surface area contributed by atoms with Gasteiger partial charge < -0.3 is 4.74 Å². The normalized spacial score (nSPS) is 10.8. The van der Waals surface area contributed by atoms with Gasteiger partial charge in [-0.05, 0) is 19.3 Å². The molecule has 6 heteroatoms. The average Bonchev–Trinajstić information content (AvgIpc) is 2.28. The Morgan fingerprint density at radius 2 is 2.06 bits per heavy atom. The Hall–Kier alpha value is -1.07. The lowest BCUT2D eigenvalue weighted by atomic mass is 10.2. The summed E-state index contributed by atoms with van der Waals surface area (Å²) >= 11 is 5.80. The summed E-state index contributed by atoms with van der Waals surface area (Å²) in [6.07, 6.45) is 2.04. The van der Waals surface area contributed by atoms with E-state index in [-0.39, 0.29) is 10.7 Å². The summed E-state index contributed by atoms with van der Waals surface area (Å²) < 4.78 is 6.10. The van der Waals surface area contributed by atoms with E-state index in [0.717, 1.165) is 12.8 Å². The smallest absolute Gasteiger partial charge is 0.329 e. The van der Waals surface area contributed by atoms with E-state index in [1.807, 2.05) is 6.92 Å². The van der Waals surface area contributed by atoms with E-state index in [4.69, 9.17) is 16.3 Å². The first-order valence-electron chi connectivity index (χ1n) is 5.62. The fourth-order valence-corrected chi connectivity index (χ4v) is 1.91. The SMILES string of the molecule is CCc1c(Cl)[nH]c(=O)n(CCCCOC)c1=O. The molecule has 1 aromatic heterocycles. The molecule has 1 rings (SSSR count). The third-order valence-electron chi connectivity index (χ3n) is 2.56. The van der Waals surface area contributed by atoms with Crippen LogP contribution in [0.25, 0.3) is 0 Å². The number of H-pyrrole nitrogens is 1. The van der Waals surface area contributed by atoms with Gasteiger partial charge in [0.2, 0.25) is 0 Å². The molecule has 0 aromatic carbocycles. The van der Waals surface area contributed by atoms with Crippen molar-refractivity contribution < 1.29 is 4.74 Å². The highest BCUT2D eigenvalue weighted by Gasteiger charge is 2.10. The minimum Gasteiger partial charge on any atom is -0.385 e. The largest absolute Gasteiger partial charge is 0.385 e.